The van der Waals surface area contributed by atoms with E-state index in [0.717, 1.165) is 0 Å². The van der Waals surface area contributed by atoms with Crippen LogP contribution in [0, 0.1) is 15.5 Å². The van der Waals surface area contributed by atoms with E-state index in [-0.39, 0.29) is 0 Å². The highest BCUT2D eigenvalue weighted by atomic mass is 79.9. The molecule has 0 saturated carbocycles. The topological polar surface area (TPSA) is 32.3 Å². The Morgan fingerprint density at radius 1 is 2.00 bits per heavy atom. The fourth-order valence-electron chi connectivity index (χ4n) is 0.0703. The summed E-state index contributed by atoms with van der Waals surface area (Å²) in [5.74, 6) is 0. The van der Waals surface area contributed by atoms with Crippen molar-refractivity contribution in [3.8, 4) is 0 Å². The van der Waals surface area contributed by atoms with E-state index in [1.54, 1.807) is 6.08 Å². The molecular formula is C3H5BrO2. The van der Waals surface area contributed by atoms with Crippen molar-refractivity contribution in [2.24, 2.45) is 0 Å². The molecule has 0 aliphatic rings. The van der Waals surface area contributed by atoms with Crippen LogP contribution in [0.3, 0.4) is 0 Å². The van der Waals surface area contributed by atoms with Crippen LogP contribution in [0.4, 0.5) is 0 Å². The van der Waals surface area contributed by atoms with E-state index in [4.69, 9.17) is 0 Å². The van der Waals surface area contributed by atoms with Gasteiger partial charge in [-0.05, 0) is 0 Å². The van der Waals surface area contributed by atoms with Gasteiger partial charge in [-0.3, -0.25) is 0 Å². The summed E-state index contributed by atoms with van der Waals surface area (Å²) >= 11 is -0.680. The quantitative estimate of drug-likeness (QED) is 0.403. The highest BCUT2D eigenvalue weighted by Crippen LogP contribution is 1.67. The minimum absolute atomic E-state index is 0.378. The number of halogens is 1. The Morgan fingerprint density at radius 2 is 2.67 bits per heavy atom. The summed E-state index contributed by atoms with van der Waals surface area (Å²) in [6, 6.07) is 0. The average molecular weight is 153 g/mol. The second-order valence-corrected chi connectivity index (χ2v) is 1.35. The van der Waals surface area contributed by atoms with Crippen LogP contribution in [0.1, 0.15) is 0 Å². The van der Waals surface area contributed by atoms with Gasteiger partial charge in [0.05, 0.1) is 0 Å². The molecule has 6 heavy (non-hydrogen) atoms. The maximum absolute atomic E-state index is 9.45. The van der Waals surface area contributed by atoms with Crippen molar-refractivity contribution < 1.29 is 23.6 Å². The molecule has 0 saturated heterocycles. The van der Waals surface area contributed by atoms with Gasteiger partial charge in [-0.15, -0.1) is 10.4 Å². The Hall–Kier alpha value is 0.140. The molecule has 0 spiro atoms. The summed E-state index contributed by atoms with van der Waals surface area (Å²) in [4.78, 5) is 0. The lowest BCUT2D eigenvalue weighted by atomic mass is 10.7. The first kappa shape index (κ1) is 6.14. The number of hydrogen-bond donors (Lipinski definition) is 0. The van der Waals surface area contributed by atoms with Crippen LogP contribution in [0.15, 0.2) is 12.7 Å². The van der Waals surface area contributed by atoms with Crippen molar-refractivity contribution in [3.05, 3.63) is 12.7 Å². The summed E-state index contributed by atoms with van der Waals surface area (Å²) < 4.78 is 13.8. The highest BCUT2D eigenvalue weighted by molar-refractivity contribution is 4.61. The molecule has 0 atom stereocenters. The van der Waals surface area contributed by atoms with Crippen LogP contribution in [0.25, 0.3) is 0 Å². The molecule has 0 aromatic carbocycles. The Labute approximate surface area is 43.6 Å². The van der Waals surface area contributed by atoms with Crippen LogP contribution < -0.4 is 4.20 Å². The molecule has 0 fully saturated rings. The molecule has 0 aliphatic heterocycles. The van der Waals surface area contributed by atoms with Gasteiger partial charge in [0, 0.05) is 0 Å². The van der Waals surface area contributed by atoms with Gasteiger partial charge in [0.15, 0.2) is 0 Å². The fourth-order valence-corrected chi connectivity index (χ4v) is 0.365. The minimum Gasteiger partial charge on any atom is -0.550 e. The van der Waals surface area contributed by atoms with E-state index in [2.05, 4.69) is 10.4 Å². The predicted molar refractivity (Wildman–Crippen MR) is 16.1 cm³/mol. The van der Waals surface area contributed by atoms with E-state index < -0.39 is 15.5 Å². The van der Waals surface area contributed by atoms with Crippen LogP contribution in [0.2, 0.25) is 0 Å². The first-order valence-electron chi connectivity index (χ1n) is 1.41. The molecule has 0 aliphatic carbocycles. The zero-order chi connectivity index (χ0) is 4.83. The van der Waals surface area contributed by atoms with Crippen molar-refractivity contribution >= 4 is 0 Å². The smallest absolute Gasteiger partial charge is 0.420 e. The molecule has 36 valence electrons. The van der Waals surface area contributed by atoms with Gasteiger partial charge in [0.25, 0.3) is 0 Å². The molecular weight excluding hydrogens is 148 g/mol. The minimum atomic E-state index is -0.680. The monoisotopic (exact) mass is 152 g/mol. The first-order chi connectivity index (χ1) is 2.91. The van der Waals surface area contributed by atoms with E-state index >= 15 is 0 Å². The second kappa shape index (κ2) is 5.14. The van der Waals surface area contributed by atoms with Gasteiger partial charge >= 0.3 is 15.5 Å². The SMILES string of the molecule is C=CCO[Br+][O-]. The Morgan fingerprint density at radius 3 is 2.83 bits per heavy atom. The van der Waals surface area contributed by atoms with Crippen molar-refractivity contribution in [3.63, 3.8) is 0 Å². The van der Waals surface area contributed by atoms with Crippen molar-refractivity contribution in [2.75, 3.05) is 6.61 Å². The maximum atomic E-state index is 9.45. The summed E-state index contributed by atoms with van der Waals surface area (Å²) in [5, 5.41) is 0. The third kappa shape index (κ3) is 4.14. The molecule has 0 N–H and O–H groups in total. The van der Waals surface area contributed by atoms with E-state index in [0.29, 0.717) is 6.61 Å². The molecule has 3 heteroatoms. The first-order valence-corrected chi connectivity index (χ1v) is 2.71. The van der Waals surface area contributed by atoms with Gasteiger partial charge in [-0.2, -0.15) is 0 Å². The normalized spacial score (nSPS) is 8.17. The van der Waals surface area contributed by atoms with Crippen LogP contribution in [-0.4, -0.2) is 6.61 Å². The predicted octanol–water partition coefficient (Wildman–Crippen LogP) is -0.536. The molecule has 0 heterocycles. The molecule has 0 radical (unpaired) electrons. The Kier molecular flexibility index (Phi) is 5.26. The fraction of sp³-hybridized carbons (Fsp3) is 0.333. The maximum Gasteiger partial charge on any atom is 0.420 e. The molecule has 0 bridgehead atoms. The van der Waals surface area contributed by atoms with Gasteiger partial charge in [0.1, 0.15) is 6.61 Å². The largest absolute Gasteiger partial charge is 0.550 e. The summed E-state index contributed by atoms with van der Waals surface area (Å²) in [5.41, 5.74) is 0. The molecule has 0 aromatic heterocycles. The lowest BCUT2D eigenvalue weighted by molar-refractivity contribution is -1.27. The third-order valence-corrected chi connectivity index (χ3v) is 0.677. The van der Waals surface area contributed by atoms with E-state index in [1.807, 2.05) is 0 Å². The van der Waals surface area contributed by atoms with Gasteiger partial charge in [0.2, 0.25) is 0 Å². The standard InChI is InChI=1S/C3H5BrO2/c1-2-3-6-4-5/h2H,1,3H2. The summed E-state index contributed by atoms with van der Waals surface area (Å²) in [7, 11) is 0. The molecule has 0 aromatic rings. The van der Waals surface area contributed by atoms with Gasteiger partial charge in [-0.1, -0.05) is 6.08 Å². The average Bonchev–Trinajstić information content (AvgIpc) is 1.61. The summed E-state index contributed by atoms with van der Waals surface area (Å²) in [6.45, 7) is 3.72. The van der Waals surface area contributed by atoms with Crippen LogP contribution >= 0.6 is 0 Å². The van der Waals surface area contributed by atoms with Gasteiger partial charge in [-0.25, -0.2) is 0 Å². The molecule has 2 nitrogen and oxygen atoms in total. The third-order valence-electron chi connectivity index (χ3n) is 0.225. The van der Waals surface area contributed by atoms with Crippen molar-refractivity contribution in [1.29, 1.82) is 0 Å². The number of hydrogen-bond acceptors (Lipinski definition) is 2. The van der Waals surface area contributed by atoms with Gasteiger partial charge < -0.3 is 4.20 Å². The second-order valence-electron chi connectivity index (χ2n) is 0.627. The highest BCUT2D eigenvalue weighted by Gasteiger charge is 1.82. The lowest BCUT2D eigenvalue weighted by Gasteiger charge is -1.75. The lowest BCUT2D eigenvalue weighted by Crippen LogP contribution is -2.03. The zero-order valence-electron chi connectivity index (χ0n) is 3.19. The van der Waals surface area contributed by atoms with Crippen molar-refractivity contribution in [1.82, 2.24) is 0 Å². The summed E-state index contributed by atoms with van der Waals surface area (Å²) in [6.07, 6.45) is 1.55. The molecule has 0 amide bonds. The van der Waals surface area contributed by atoms with Crippen LogP contribution in [0.5, 0.6) is 0 Å². The van der Waals surface area contributed by atoms with E-state index in [9.17, 15) is 4.20 Å². The van der Waals surface area contributed by atoms with E-state index in [1.165, 1.54) is 0 Å². The molecule has 0 rings (SSSR count). The molecule has 0 unspecified atom stereocenters. The van der Waals surface area contributed by atoms with Crippen molar-refractivity contribution in [2.45, 2.75) is 0 Å². The van der Waals surface area contributed by atoms with Crippen LogP contribution in [-0.2, 0) is 3.83 Å². The zero-order valence-corrected chi connectivity index (χ0v) is 4.77. The Bertz CT molecular complexity index is 37.8. The Balaban J connectivity index is 2.49. The number of rotatable bonds is 3.